The summed E-state index contributed by atoms with van der Waals surface area (Å²) in [6.07, 6.45) is 4.45. The first-order valence-corrected chi connectivity index (χ1v) is 5.13. The van der Waals surface area contributed by atoms with E-state index < -0.39 is 6.04 Å². The zero-order valence-electron chi connectivity index (χ0n) is 9.64. The van der Waals surface area contributed by atoms with Gasteiger partial charge in [-0.05, 0) is 12.0 Å². The van der Waals surface area contributed by atoms with E-state index in [1.54, 1.807) is 10.9 Å². The number of nitrogens with two attached hydrogens (primary N) is 1. The predicted molar refractivity (Wildman–Crippen MR) is 59.8 cm³/mol. The molecule has 16 heavy (non-hydrogen) atoms. The van der Waals surface area contributed by atoms with Crippen molar-refractivity contribution < 1.29 is 9.53 Å². The van der Waals surface area contributed by atoms with Gasteiger partial charge in [-0.3, -0.25) is 9.48 Å². The van der Waals surface area contributed by atoms with Crippen LogP contribution in [0.4, 0.5) is 0 Å². The van der Waals surface area contributed by atoms with Crippen molar-refractivity contribution in [2.24, 2.45) is 12.8 Å². The molecule has 1 aromatic heterocycles. The predicted octanol–water partition coefficient (Wildman–Crippen LogP) is -0.947. The minimum absolute atomic E-state index is 0.189. The zero-order valence-corrected chi connectivity index (χ0v) is 9.64. The Morgan fingerprint density at radius 1 is 1.75 bits per heavy atom. The Morgan fingerprint density at radius 3 is 3.06 bits per heavy atom. The van der Waals surface area contributed by atoms with E-state index in [2.05, 4.69) is 10.4 Å². The number of nitrogens with zero attached hydrogens (tertiary/aromatic N) is 2. The van der Waals surface area contributed by atoms with Crippen LogP contribution >= 0.6 is 0 Å². The van der Waals surface area contributed by atoms with Crippen LogP contribution in [0.2, 0.25) is 0 Å². The molecule has 1 heterocycles. The topological polar surface area (TPSA) is 82.2 Å². The zero-order chi connectivity index (χ0) is 12.0. The Morgan fingerprint density at radius 2 is 2.50 bits per heavy atom. The molecule has 0 aliphatic rings. The molecule has 1 amide bonds. The van der Waals surface area contributed by atoms with Gasteiger partial charge in [-0.1, -0.05) is 0 Å². The third kappa shape index (κ3) is 4.00. The molecule has 0 bridgehead atoms. The number of carbonyl (C=O) groups excluding carboxylic acids is 1. The highest BCUT2D eigenvalue weighted by Gasteiger charge is 2.11. The molecule has 0 aromatic carbocycles. The molecular formula is C10H18N4O2. The van der Waals surface area contributed by atoms with Crippen LogP contribution in [0.5, 0.6) is 0 Å². The number of hydrogen-bond donors (Lipinski definition) is 2. The molecule has 3 N–H and O–H groups in total. The molecule has 1 atom stereocenters. The number of amides is 1. The maximum absolute atomic E-state index is 11.4. The maximum Gasteiger partial charge on any atom is 0.239 e. The average molecular weight is 226 g/mol. The molecule has 1 rings (SSSR count). The molecule has 0 aliphatic carbocycles. The quantitative estimate of drug-likeness (QED) is 0.655. The Hall–Kier alpha value is -1.40. The van der Waals surface area contributed by atoms with E-state index in [0.717, 1.165) is 12.0 Å². The molecule has 90 valence electrons. The minimum atomic E-state index is -0.598. The normalized spacial score (nSPS) is 12.4. The van der Waals surface area contributed by atoms with Crippen molar-refractivity contribution in [3.8, 4) is 0 Å². The molecule has 0 aliphatic heterocycles. The third-order valence-corrected chi connectivity index (χ3v) is 2.15. The standard InChI is InChI=1S/C10H18N4O2/c1-14-6-8(5-13-14)3-4-12-10(15)9(11)7-16-2/h5-6,9H,3-4,7,11H2,1-2H3,(H,12,15). The molecule has 0 spiro atoms. The van der Waals surface area contributed by atoms with E-state index in [4.69, 9.17) is 10.5 Å². The van der Waals surface area contributed by atoms with Gasteiger partial charge in [0.1, 0.15) is 6.04 Å². The summed E-state index contributed by atoms with van der Waals surface area (Å²) in [5.41, 5.74) is 6.64. The summed E-state index contributed by atoms with van der Waals surface area (Å²) in [4.78, 5) is 11.4. The summed E-state index contributed by atoms with van der Waals surface area (Å²) < 4.78 is 6.52. The van der Waals surface area contributed by atoms with E-state index in [1.807, 2.05) is 13.2 Å². The molecule has 6 heteroatoms. The van der Waals surface area contributed by atoms with Crippen molar-refractivity contribution in [2.75, 3.05) is 20.3 Å². The molecule has 0 radical (unpaired) electrons. The first kappa shape index (κ1) is 12.7. The number of hydrogen-bond acceptors (Lipinski definition) is 4. The minimum Gasteiger partial charge on any atom is -0.383 e. The average Bonchev–Trinajstić information content (AvgIpc) is 2.64. The summed E-state index contributed by atoms with van der Waals surface area (Å²) in [7, 11) is 3.37. The fourth-order valence-electron chi connectivity index (χ4n) is 1.32. The highest BCUT2D eigenvalue weighted by Crippen LogP contribution is 1.96. The highest BCUT2D eigenvalue weighted by molar-refractivity contribution is 5.81. The van der Waals surface area contributed by atoms with Crippen molar-refractivity contribution in [2.45, 2.75) is 12.5 Å². The van der Waals surface area contributed by atoms with Gasteiger partial charge in [0.05, 0.1) is 12.8 Å². The smallest absolute Gasteiger partial charge is 0.239 e. The summed E-state index contributed by atoms with van der Waals surface area (Å²) in [5, 5.41) is 6.78. The fourth-order valence-corrected chi connectivity index (χ4v) is 1.32. The monoisotopic (exact) mass is 226 g/mol. The fraction of sp³-hybridized carbons (Fsp3) is 0.600. The van der Waals surface area contributed by atoms with E-state index >= 15 is 0 Å². The van der Waals surface area contributed by atoms with Crippen LogP contribution < -0.4 is 11.1 Å². The van der Waals surface area contributed by atoms with Crippen molar-refractivity contribution in [1.82, 2.24) is 15.1 Å². The maximum atomic E-state index is 11.4. The number of methoxy groups -OCH3 is 1. The number of aryl methyl sites for hydroxylation is 1. The lowest BCUT2D eigenvalue weighted by atomic mass is 10.2. The van der Waals surface area contributed by atoms with Crippen LogP contribution in [0.1, 0.15) is 5.56 Å². The van der Waals surface area contributed by atoms with Gasteiger partial charge in [-0.15, -0.1) is 0 Å². The van der Waals surface area contributed by atoms with Crippen molar-refractivity contribution in [3.05, 3.63) is 18.0 Å². The van der Waals surface area contributed by atoms with Gasteiger partial charge in [0, 0.05) is 26.9 Å². The van der Waals surface area contributed by atoms with Crippen LogP contribution in [-0.2, 0) is 23.0 Å². The summed E-state index contributed by atoms with van der Waals surface area (Å²) >= 11 is 0. The van der Waals surface area contributed by atoms with Crippen molar-refractivity contribution >= 4 is 5.91 Å². The lowest BCUT2D eigenvalue weighted by molar-refractivity contribution is -0.123. The Kier molecular flexibility index (Phi) is 4.94. The number of nitrogens with one attached hydrogen (secondary N) is 1. The second-order valence-electron chi connectivity index (χ2n) is 3.63. The molecule has 0 saturated heterocycles. The van der Waals surface area contributed by atoms with E-state index in [0.29, 0.717) is 6.54 Å². The molecule has 0 fully saturated rings. The molecule has 0 saturated carbocycles. The van der Waals surface area contributed by atoms with Crippen LogP contribution in [0.15, 0.2) is 12.4 Å². The summed E-state index contributed by atoms with van der Waals surface area (Å²) in [6, 6.07) is -0.598. The molecule has 1 aromatic rings. The largest absolute Gasteiger partial charge is 0.383 e. The van der Waals surface area contributed by atoms with Crippen LogP contribution in [-0.4, -0.2) is 42.0 Å². The van der Waals surface area contributed by atoms with Crippen molar-refractivity contribution in [1.29, 1.82) is 0 Å². The van der Waals surface area contributed by atoms with Crippen LogP contribution in [0, 0.1) is 0 Å². The molecule has 6 nitrogen and oxygen atoms in total. The van der Waals surface area contributed by atoms with Crippen LogP contribution in [0.3, 0.4) is 0 Å². The third-order valence-electron chi connectivity index (χ3n) is 2.15. The van der Waals surface area contributed by atoms with Gasteiger partial charge < -0.3 is 15.8 Å². The van der Waals surface area contributed by atoms with Crippen LogP contribution in [0.25, 0.3) is 0 Å². The first-order valence-electron chi connectivity index (χ1n) is 5.13. The summed E-state index contributed by atoms with van der Waals surface area (Å²) in [6.45, 7) is 0.792. The second kappa shape index (κ2) is 6.24. The van der Waals surface area contributed by atoms with Gasteiger partial charge in [-0.2, -0.15) is 5.10 Å². The van der Waals surface area contributed by atoms with Crippen molar-refractivity contribution in [3.63, 3.8) is 0 Å². The Bertz CT molecular complexity index is 337. The first-order chi connectivity index (χ1) is 7.63. The van der Waals surface area contributed by atoms with E-state index in [-0.39, 0.29) is 12.5 Å². The number of rotatable bonds is 6. The SMILES string of the molecule is COCC(N)C(=O)NCCc1cnn(C)c1. The molecule has 1 unspecified atom stereocenters. The van der Waals surface area contributed by atoms with Gasteiger partial charge in [0.2, 0.25) is 5.91 Å². The van der Waals surface area contributed by atoms with Gasteiger partial charge in [-0.25, -0.2) is 0 Å². The van der Waals surface area contributed by atoms with Gasteiger partial charge in [0.15, 0.2) is 0 Å². The highest BCUT2D eigenvalue weighted by atomic mass is 16.5. The summed E-state index contributed by atoms with van der Waals surface area (Å²) in [5.74, 6) is -0.189. The molecular weight excluding hydrogens is 208 g/mol. The Balaban J connectivity index is 2.22. The number of aromatic nitrogens is 2. The second-order valence-corrected chi connectivity index (χ2v) is 3.63. The lowest BCUT2D eigenvalue weighted by Crippen LogP contribution is -2.44. The number of carbonyl (C=O) groups is 1. The van der Waals surface area contributed by atoms with E-state index in [9.17, 15) is 4.79 Å². The van der Waals surface area contributed by atoms with Gasteiger partial charge >= 0.3 is 0 Å². The Labute approximate surface area is 94.8 Å². The lowest BCUT2D eigenvalue weighted by Gasteiger charge is -2.10. The number of ether oxygens (including phenoxy) is 1. The van der Waals surface area contributed by atoms with Gasteiger partial charge in [0.25, 0.3) is 0 Å². The van der Waals surface area contributed by atoms with E-state index in [1.165, 1.54) is 7.11 Å².